The average Bonchev–Trinajstić information content (AvgIpc) is 2.49. The van der Waals surface area contributed by atoms with Gasteiger partial charge in [0.05, 0.1) is 19.3 Å². The second kappa shape index (κ2) is 7.81. The summed E-state index contributed by atoms with van der Waals surface area (Å²) in [6.07, 6.45) is 6.19. The van der Waals surface area contributed by atoms with E-state index in [0.717, 1.165) is 11.3 Å². The second-order valence-corrected chi connectivity index (χ2v) is 6.19. The van der Waals surface area contributed by atoms with Crippen molar-refractivity contribution < 1.29 is 14.6 Å². The molecule has 0 aromatic heterocycles. The van der Waals surface area contributed by atoms with Crippen molar-refractivity contribution in [2.24, 2.45) is 5.92 Å². The first-order valence-electron chi connectivity index (χ1n) is 8.00. The number of benzene rings is 1. The number of ether oxygens (including phenoxy) is 2. The van der Waals surface area contributed by atoms with E-state index < -0.39 is 6.10 Å². The summed E-state index contributed by atoms with van der Waals surface area (Å²) >= 11 is 0. The molecule has 0 heterocycles. The Bertz CT molecular complexity index is 438. The molecule has 1 N–H and O–H groups in total. The molecule has 2 unspecified atom stereocenters. The van der Waals surface area contributed by atoms with Gasteiger partial charge in [-0.05, 0) is 37.3 Å². The number of methoxy groups -OCH3 is 2. The summed E-state index contributed by atoms with van der Waals surface area (Å²) in [5.41, 5.74) is 2.24. The first kappa shape index (κ1) is 16.3. The minimum Gasteiger partial charge on any atom is -0.496 e. The molecule has 0 amide bonds. The molecule has 1 fully saturated rings. The maximum atomic E-state index is 10.6. The van der Waals surface area contributed by atoms with E-state index in [1.165, 1.54) is 37.7 Å². The van der Waals surface area contributed by atoms with Crippen LogP contribution in [0.15, 0.2) is 18.2 Å². The smallest absolute Gasteiger partial charge is 0.122 e. The van der Waals surface area contributed by atoms with Crippen LogP contribution in [0.25, 0.3) is 0 Å². The maximum Gasteiger partial charge on any atom is 0.122 e. The molecule has 0 bridgehead atoms. The van der Waals surface area contributed by atoms with E-state index in [-0.39, 0.29) is 6.10 Å². The van der Waals surface area contributed by atoms with Crippen molar-refractivity contribution in [1.29, 1.82) is 0 Å². The predicted molar refractivity (Wildman–Crippen MR) is 84.8 cm³/mol. The van der Waals surface area contributed by atoms with Gasteiger partial charge in [0, 0.05) is 13.5 Å². The SMILES string of the molecule is COc1ccc(C)cc1CC(O)C(OC)C1CCCCC1. The van der Waals surface area contributed by atoms with Gasteiger partial charge in [-0.1, -0.05) is 37.0 Å². The Kier molecular flexibility index (Phi) is 6.07. The molecule has 118 valence electrons. The van der Waals surface area contributed by atoms with Crippen molar-refractivity contribution in [1.82, 2.24) is 0 Å². The minimum atomic E-state index is -0.478. The lowest BCUT2D eigenvalue weighted by molar-refractivity contribution is -0.0537. The van der Waals surface area contributed by atoms with E-state index in [9.17, 15) is 5.11 Å². The number of rotatable bonds is 6. The third kappa shape index (κ3) is 4.21. The summed E-state index contributed by atoms with van der Waals surface area (Å²) in [4.78, 5) is 0. The average molecular weight is 292 g/mol. The second-order valence-electron chi connectivity index (χ2n) is 6.19. The zero-order valence-corrected chi connectivity index (χ0v) is 13.5. The first-order chi connectivity index (χ1) is 10.2. The summed E-state index contributed by atoms with van der Waals surface area (Å²) in [5.74, 6) is 1.33. The minimum absolute atomic E-state index is 0.0736. The van der Waals surface area contributed by atoms with E-state index in [0.29, 0.717) is 12.3 Å². The predicted octanol–water partition coefficient (Wildman–Crippen LogP) is 3.50. The molecule has 0 radical (unpaired) electrons. The topological polar surface area (TPSA) is 38.7 Å². The quantitative estimate of drug-likeness (QED) is 0.872. The van der Waals surface area contributed by atoms with Crippen LogP contribution in [0.4, 0.5) is 0 Å². The van der Waals surface area contributed by atoms with Gasteiger partial charge in [-0.15, -0.1) is 0 Å². The molecule has 1 aliphatic rings. The van der Waals surface area contributed by atoms with E-state index in [1.54, 1.807) is 14.2 Å². The van der Waals surface area contributed by atoms with Crippen LogP contribution in [0.2, 0.25) is 0 Å². The molecule has 0 spiro atoms. The zero-order valence-electron chi connectivity index (χ0n) is 13.5. The molecular formula is C18H28O3. The van der Waals surface area contributed by atoms with Gasteiger partial charge in [0.25, 0.3) is 0 Å². The van der Waals surface area contributed by atoms with Crippen molar-refractivity contribution in [3.05, 3.63) is 29.3 Å². The van der Waals surface area contributed by atoms with Gasteiger partial charge < -0.3 is 14.6 Å². The van der Waals surface area contributed by atoms with Crippen LogP contribution in [0, 0.1) is 12.8 Å². The summed E-state index contributed by atoms with van der Waals surface area (Å²) in [6, 6.07) is 6.10. The Labute approximate surface area is 128 Å². The van der Waals surface area contributed by atoms with Gasteiger partial charge in [0.2, 0.25) is 0 Å². The normalized spacial score (nSPS) is 19.2. The lowest BCUT2D eigenvalue weighted by atomic mass is 9.82. The highest BCUT2D eigenvalue weighted by molar-refractivity contribution is 5.37. The molecule has 2 rings (SSSR count). The molecule has 21 heavy (non-hydrogen) atoms. The van der Waals surface area contributed by atoms with Gasteiger partial charge in [-0.25, -0.2) is 0 Å². The number of aryl methyl sites for hydroxylation is 1. The molecule has 1 saturated carbocycles. The number of aliphatic hydroxyl groups is 1. The Balaban J connectivity index is 2.07. The number of hydrogen-bond donors (Lipinski definition) is 1. The van der Waals surface area contributed by atoms with E-state index >= 15 is 0 Å². The van der Waals surface area contributed by atoms with Gasteiger partial charge in [0.1, 0.15) is 5.75 Å². The molecule has 3 nitrogen and oxygen atoms in total. The summed E-state index contributed by atoms with van der Waals surface area (Å²) < 4.78 is 11.0. The Morgan fingerprint density at radius 1 is 1.19 bits per heavy atom. The van der Waals surface area contributed by atoms with Gasteiger partial charge in [-0.2, -0.15) is 0 Å². The molecule has 0 aliphatic heterocycles. The largest absolute Gasteiger partial charge is 0.496 e. The van der Waals surface area contributed by atoms with E-state index in [1.807, 2.05) is 12.1 Å². The van der Waals surface area contributed by atoms with Crippen molar-refractivity contribution in [3.63, 3.8) is 0 Å². The van der Waals surface area contributed by atoms with Crippen LogP contribution in [-0.2, 0) is 11.2 Å². The lowest BCUT2D eigenvalue weighted by Gasteiger charge is -2.32. The van der Waals surface area contributed by atoms with Crippen LogP contribution in [0.5, 0.6) is 5.75 Å². The lowest BCUT2D eigenvalue weighted by Crippen LogP contribution is -2.37. The highest BCUT2D eigenvalue weighted by Crippen LogP contribution is 2.31. The highest BCUT2D eigenvalue weighted by Gasteiger charge is 2.30. The van der Waals surface area contributed by atoms with E-state index in [2.05, 4.69) is 13.0 Å². The molecule has 1 aromatic carbocycles. The molecule has 2 atom stereocenters. The first-order valence-corrected chi connectivity index (χ1v) is 8.00. The van der Waals surface area contributed by atoms with Crippen molar-refractivity contribution in [2.75, 3.05) is 14.2 Å². The van der Waals surface area contributed by atoms with E-state index in [4.69, 9.17) is 9.47 Å². The summed E-state index contributed by atoms with van der Waals surface area (Å²) in [6.45, 7) is 2.06. The van der Waals surface area contributed by atoms with Crippen LogP contribution >= 0.6 is 0 Å². The standard InChI is InChI=1S/C18H28O3/c1-13-9-10-17(20-2)15(11-13)12-16(19)18(21-3)14-7-5-4-6-8-14/h9-11,14,16,18-19H,4-8,12H2,1-3H3. The highest BCUT2D eigenvalue weighted by atomic mass is 16.5. The van der Waals surface area contributed by atoms with Crippen LogP contribution in [0.3, 0.4) is 0 Å². The zero-order chi connectivity index (χ0) is 15.2. The third-order valence-electron chi connectivity index (χ3n) is 4.63. The molecular weight excluding hydrogens is 264 g/mol. The summed E-state index contributed by atoms with van der Waals surface area (Å²) in [7, 11) is 3.39. The fourth-order valence-corrected chi connectivity index (χ4v) is 3.53. The summed E-state index contributed by atoms with van der Waals surface area (Å²) in [5, 5.41) is 10.6. The molecule has 1 aliphatic carbocycles. The van der Waals surface area contributed by atoms with Gasteiger partial charge >= 0.3 is 0 Å². The molecule has 0 saturated heterocycles. The van der Waals surface area contributed by atoms with Gasteiger partial charge in [-0.3, -0.25) is 0 Å². The molecule has 3 heteroatoms. The fraction of sp³-hybridized carbons (Fsp3) is 0.667. The third-order valence-corrected chi connectivity index (χ3v) is 4.63. The molecule has 1 aromatic rings. The Morgan fingerprint density at radius 2 is 1.90 bits per heavy atom. The van der Waals surface area contributed by atoms with Crippen molar-refractivity contribution in [2.45, 2.75) is 57.7 Å². The Hall–Kier alpha value is -1.06. The van der Waals surface area contributed by atoms with Crippen LogP contribution in [-0.4, -0.2) is 31.5 Å². The Morgan fingerprint density at radius 3 is 2.52 bits per heavy atom. The fourth-order valence-electron chi connectivity index (χ4n) is 3.53. The van der Waals surface area contributed by atoms with Crippen molar-refractivity contribution in [3.8, 4) is 5.75 Å². The van der Waals surface area contributed by atoms with Crippen LogP contribution < -0.4 is 4.74 Å². The van der Waals surface area contributed by atoms with Gasteiger partial charge in [0.15, 0.2) is 0 Å². The number of hydrogen-bond acceptors (Lipinski definition) is 3. The number of aliphatic hydroxyl groups excluding tert-OH is 1. The monoisotopic (exact) mass is 292 g/mol. The van der Waals surface area contributed by atoms with Crippen LogP contribution in [0.1, 0.15) is 43.2 Å². The van der Waals surface area contributed by atoms with Crippen molar-refractivity contribution >= 4 is 0 Å². The maximum absolute atomic E-state index is 10.6.